The fourth-order valence-electron chi connectivity index (χ4n) is 3.13. The second-order valence-corrected chi connectivity index (χ2v) is 8.13. The summed E-state index contributed by atoms with van der Waals surface area (Å²) in [6.07, 6.45) is 2.38. The molecule has 0 radical (unpaired) electrons. The van der Waals surface area contributed by atoms with E-state index in [0.29, 0.717) is 29.4 Å². The minimum atomic E-state index is -0.509. The van der Waals surface area contributed by atoms with Crippen LogP contribution in [0.25, 0.3) is 11.3 Å². The number of halogens is 1. The first-order chi connectivity index (χ1) is 14.7. The third-order valence-electron chi connectivity index (χ3n) is 4.67. The second kappa shape index (κ2) is 9.28. The van der Waals surface area contributed by atoms with Gasteiger partial charge < -0.3 is 26.2 Å². The van der Waals surface area contributed by atoms with Crippen LogP contribution < -0.4 is 21.1 Å². The molecule has 3 rings (SSSR count). The molecule has 0 fully saturated rings. The highest BCUT2D eigenvalue weighted by Gasteiger charge is 2.22. The van der Waals surface area contributed by atoms with Crippen LogP contribution in [0.15, 0.2) is 48.7 Å². The van der Waals surface area contributed by atoms with E-state index in [1.807, 2.05) is 33.0 Å². The molecule has 1 aromatic heterocycles. The van der Waals surface area contributed by atoms with E-state index >= 15 is 0 Å². The van der Waals surface area contributed by atoms with Gasteiger partial charge in [0.2, 0.25) is 0 Å². The van der Waals surface area contributed by atoms with Crippen LogP contribution in [0, 0.1) is 0 Å². The Morgan fingerprint density at radius 1 is 1.23 bits per heavy atom. The number of urea groups is 1. The molecule has 0 aliphatic heterocycles. The molecule has 3 aromatic rings. The van der Waals surface area contributed by atoms with Gasteiger partial charge in [-0.15, -0.1) is 0 Å². The van der Waals surface area contributed by atoms with Crippen molar-refractivity contribution in [3.63, 3.8) is 0 Å². The fraction of sp³-hybridized carbons (Fsp3) is 0.273. The van der Waals surface area contributed by atoms with Gasteiger partial charge in [-0.05, 0) is 63.2 Å². The third kappa shape index (κ3) is 5.68. The number of hydrogen-bond donors (Lipinski definition) is 4. The number of phenols is 1. The van der Waals surface area contributed by atoms with Crippen molar-refractivity contribution < 1.29 is 14.6 Å². The molecular weight excluding hydrogens is 418 g/mol. The lowest BCUT2D eigenvalue weighted by Gasteiger charge is -2.27. The molecule has 0 spiro atoms. The number of phenolic OH excluding ortho intramolecular Hbond substituents is 1. The largest absolute Gasteiger partial charge is 0.506 e. The molecule has 0 unspecified atom stereocenters. The van der Waals surface area contributed by atoms with Crippen molar-refractivity contribution in [2.45, 2.75) is 25.9 Å². The van der Waals surface area contributed by atoms with Gasteiger partial charge in [0.1, 0.15) is 17.1 Å². The number of nitrogens with one attached hydrogen (secondary N) is 2. The Morgan fingerprint density at radius 3 is 2.65 bits per heavy atom. The summed E-state index contributed by atoms with van der Waals surface area (Å²) in [6, 6.07) is 11.2. The zero-order valence-corrected chi connectivity index (χ0v) is 18.4. The Bertz CT molecular complexity index is 1080. The first-order valence-corrected chi connectivity index (χ1v) is 10.1. The summed E-state index contributed by atoms with van der Waals surface area (Å²) < 4.78 is 7.97. The van der Waals surface area contributed by atoms with Crippen molar-refractivity contribution >= 4 is 29.0 Å². The van der Waals surface area contributed by atoms with Gasteiger partial charge in [-0.1, -0.05) is 11.6 Å². The number of amides is 2. The number of nitrogens with two attached hydrogens (primary N) is 1. The highest BCUT2D eigenvalue weighted by molar-refractivity contribution is 6.30. The second-order valence-electron chi connectivity index (χ2n) is 7.69. The lowest BCUT2D eigenvalue weighted by molar-refractivity contribution is 0.103. The summed E-state index contributed by atoms with van der Waals surface area (Å²) in [7, 11) is 1.83. The van der Waals surface area contributed by atoms with E-state index < -0.39 is 11.6 Å². The van der Waals surface area contributed by atoms with Crippen LogP contribution in [0.3, 0.4) is 0 Å². The lowest BCUT2D eigenvalue weighted by Crippen LogP contribution is -2.31. The standard InChI is InChI=1S/C22H26ClN5O3/c1-22(2,9-10-24)31-20-7-5-15(13-16(20)18-8-11-25-28(18)3)26-21(30)27-17-6-4-14(23)12-19(17)29/h4-8,11-13,29H,9-10,24H2,1-3H3,(H2,26,27,30). The van der Waals surface area contributed by atoms with E-state index in [0.717, 1.165) is 11.3 Å². The van der Waals surface area contributed by atoms with Crippen molar-refractivity contribution in [1.82, 2.24) is 9.78 Å². The molecule has 1 heterocycles. The van der Waals surface area contributed by atoms with E-state index in [1.54, 1.807) is 29.1 Å². The fourth-order valence-corrected chi connectivity index (χ4v) is 3.29. The van der Waals surface area contributed by atoms with Gasteiger partial charge in [0, 0.05) is 35.6 Å². The number of benzene rings is 2. The molecule has 9 heteroatoms. The summed E-state index contributed by atoms with van der Waals surface area (Å²) in [5.74, 6) is 0.535. The Labute approximate surface area is 186 Å². The molecule has 0 bridgehead atoms. The molecule has 0 aliphatic carbocycles. The topological polar surface area (TPSA) is 114 Å². The number of carbonyl (C=O) groups is 1. The summed E-state index contributed by atoms with van der Waals surface area (Å²) in [5, 5.41) is 19.9. The minimum Gasteiger partial charge on any atom is -0.506 e. The number of nitrogens with zero attached hydrogens (tertiary/aromatic N) is 2. The normalized spacial score (nSPS) is 11.3. The number of hydrogen-bond acceptors (Lipinski definition) is 5. The Hall–Kier alpha value is -3.23. The van der Waals surface area contributed by atoms with Crippen molar-refractivity contribution in [2.75, 3.05) is 17.2 Å². The molecule has 0 atom stereocenters. The number of anilines is 2. The number of carbonyl (C=O) groups excluding carboxylic acids is 1. The van der Waals surface area contributed by atoms with Crippen LogP contribution in [0.5, 0.6) is 11.5 Å². The number of ether oxygens (including phenoxy) is 1. The zero-order chi connectivity index (χ0) is 22.6. The molecule has 8 nitrogen and oxygen atoms in total. The third-order valence-corrected chi connectivity index (χ3v) is 4.91. The maximum absolute atomic E-state index is 12.5. The van der Waals surface area contributed by atoms with E-state index in [9.17, 15) is 9.90 Å². The van der Waals surface area contributed by atoms with E-state index in [2.05, 4.69) is 15.7 Å². The van der Waals surface area contributed by atoms with Gasteiger partial charge in [0.05, 0.1) is 11.4 Å². The molecule has 31 heavy (non-hydrogen) atoms. The average Bonchev–Trinajstić information content (AvgIpc) is 3.11. The van der Waals surface area contributed by atoms with Crippen LogP contribution in [0.4, 0.5) is 16.2 Å². The molecule has 0 saturated carbocycles. The monoisotopic (exact) mass is 443 g/mol. The summed E-state index contributed by atoms with van der Waals surface area (Å²) >= 11 is 5.83. The van der Waals surface area contributed by atoms with Gasteiger partial charge in [0.25, 0.3) is 0 Å². The van der Waals surface area contributed by atoms with Gasteiger partial charge >= 0.3 is 6.03 Å². The molecule has 164 valence electrons. The van der Waals surface area contributed by atoms with Crippen LogP contribution >= 0.6 is 11.6 Å². The van der Waals surface area contributed by atoms with Gasteiger partial charge in [0.15, 0.2) is 0 Å². The van der Waals surface area contributed by atoms with Gasteiger partial charge in [-0.25, -0.2) is 4.79 Å². The minimum absolute atomic E-state index is 0.121. The maximum atomic E-state index is 12.5. The van der Waals surface area contributed by atoms with E-state index in [-0.39, 0.29) is 11.4 Å². The molecular formula is C22H26ClN5O3. The Balaban J connectivity index is 1.86. The van der Waals surface area contributed by atoms with E-state index in [4.69, 9.17) is 22.1 Å². The van der Waals surface area contributed by atoms with Gasteiger partial charge in [-0.3, -0.25) is 4.68 Å². The van der Waals surface area contributed by atoms with Gasteiger partial charge in [-0.2, -0.15) is 5.10 Å². The van der Waals surface area contributed by atoms with Crippen molar-refractivity contribution in [3.8, 4) is 22.8 Å². The zero-order valence-electron chi connectivity index (χ0n) is 17.6. The van der Waals surface area contributed by atoms with Crippen LogP contribution in [0.1, 0.15) is 20.3 Å². The summed E-state index contributed by atoms with van der Waals surface area (Å²) in [4.78, 5) is 12.5. The van der Waals surface area contributed by atoms with Crippen LogP contribution in [0.2, 0.25) is 5.02 Å². The first kappa shape index (κ1) is 22.5. The predicted octanol–water partition coefficient (Wildman–Crippen LogP) is 4.60. The summed E-state index contributed by atoms with van der Waals surface area (Å²) in [5.41, 5.74) is 7.66. The van der Waals surface area contributed by atoms with Crippen LogP contribution in [-0.2, 0) is 7.05 Å². The SMILES string of the molecule is Cn1nccc1-c1cc(NC(=O)Nc2ccc(Cl)cc2O)ccc1OC(C)(C)CCN. The summed E-state index contributed by atoms with van der Waals surface area (Å²) in [6.45, 7) is 4.46. The smallest absolute Gasteiger partial charge is 0.323 e. The predicted molar refractivity (Wildman–Crippen MR) is 123 cm³/mol. The highest BCUT2D eigenvalue weighted by Crippen LogP contribution is 2.35. The van der Waals surface area contributed by atoms with Crippen LogP contribution in [-0.4, -0.2) is 33.1 Å². The maximum Gasteiger partial charge on any atom is 0.323 e. The number of aromatic hydroxyl groups is 1. The van der Waals surface area contributed by atoms with Crippen molar-refractivity contribution in [2.24, 2.45) is 12.8 Å². The quantitative estimate of drug-likeness (QED) is 0.398. The Kier molecular flexibility index (Phi) is 6.72. The molecule has 5 N–H and O–H groups in total. The van der Waals surface area contributed by atoms with Crippen molar-refractivity contribution in [3.05, 3.63) is 53.7 Å². The molecule has 0 saturated heterocycles. The average molecular weight is 444 g/mol. The van der Waals surface area contributed by atoms with E-state index in [1.165, 1.54) is 12.1 Å². The first-order valence-electron chi connectivity index (χ1n) is 9.76. The highest BCUT2D eigenvalue weighted by atomic mass is 35.5. The molecule has 2 amide bonds. The van der Waals surface area contributed by atoms with Crippen molar-refractivity contribution in [1.29, 1.82) is 0 Å². The number of aromatic nitrogens is 2. The Morgan fingerprint density at radius 2 is 2.00 bits per heavy atom. The molecule has 2 aromatic carbocycles. The number of rotatable bonds is 7. The number of aryl methyl sites for hydroxylation is 1. The molecule has 0 aliphatic rings. The lowest BCUT2D eigenvalue weighted by atomic mass is 10.0.